The first kappa shape index (κ1) is 18.7. The fraction of sp³-hybridized carbons (Fsp3) is 0.0435. The quantitative estimate of drug-likeness (QED) is 0.453. The summed E-state index contributed by atoms with van der Waals surface area (Å²) in [5.41, 5.74) is 8.83. The van der Waals surface area contributed by atoms with Crippen LogP contribution in [-0.2, 0) is 0 Å². The summed E-state index contributed by atoms with van der Waals surface area (Å²) in [6.45, 7) is 0. The van der Waals surface area contributed by atoms with Crippen LogP contribution in [0.1, 0.15) is 0 Å². The highest BCUT2D eigenvalue weighted by atomic mass is 19.1. The van der Waals surface area contributed by atoms with Crippen molar-refractivity contribution < 1.29 is 9.13 Å². The van der Waals surface area contributed by atoms with Crippen LogP contribution in [0.15, 0.2) is 71.9 Å². The second-order valence-corrected chi connectivity index (χ2v) is 6.95. The predicted molar refractivity (Wildman–Crippen MR) is 117 cm³/mol. The number of nitrogens with two attached hydrogens (primary N) is 1. The number of benzene rings is 2. The molecule has 2 aromatic carbocycles. The molecule has 5 rings (SSSR count). The minimum Gasteiger partial charge on any atom is -0.494 e. The molecule has 0 bridgehead atoms. The zero-order chi connectivity index (χ0) is 21.5. The summed E-state index contributed by atoms with van der Waals surface area (Å²) in [5, 5.41) is 1.52. The predicted octanol–water partition coefficient (Wildman–Crippen LogP) is 3.73. The summed E-state index contributed by atoms with van der Waals surface area (Å²) in [5.74, 6) is -0.257. The molecule has 0 amide bonds. The highest BCUT2D eigenvalue weighted by molar-refractivity contribution is 6.05. The fourth-order valence-corrected chi connectivity index (χ4v) is 3.62. The average molecular weight is 413 g/mol. The zero-order valence-corrected chi connectivity index (χ0v) is 16.4. The zero-order valence-electron chi connectivity index (χ0n) is 16.4. The van der Waals surface area contributed by atoms with Crippen LogP contribution in [0.2, 0.25) is 0 Å². The third-order valence-corrected chi connectivity index (χ3v) is 5.12. The van der Waals surface area contributed by atoms with E-state index in [4.69, 9.17) is 10.5 Å². The minimum atomic E-state index is -0.503. The van der Waals surface area contributed by atoms with Crippen molar-refractivity contribution in [2.75, 3.05) is 12.8 Å². The number of aromatic nitrogens is 4. The van der Waals surface area contributed by atoms with Gasteiger partial charge in [0.25, 0.3) is 5.56 Å². The van der Waals surface area contributed by atoms with Crippen molar-refractivity contribution in [1.82, 2.24) is 19.5 Å². The number of fused-ring (bicyclic) bond motifs is 3. The normalized spacial score (nSPS) is 11.2. The molecular formula is C23H16FN5O2. The van der Waals surface area contributed by atoms with Crippen molar-refractivity contribution in [2.45, 2.75) is 0 Å². The van der Waals surface area contributed by atoms with Crippen LogP contribution >= 0.6 is 0 Å². The molecular weight excluding hydrogens is 397 g/mol. The van der Waals surface area contributed by atoms with E-state index in [1.807, 2.05) is 18.2 Å². The molecule has 0 saturated heterocycles. The van der Waals surface area contributed by atoms with E-state index in [2.05, 4.69) is 15.0 Å². The van der Waals surface area contributed by atoms with E-state index >= 15 is 0 Å². The SMILES string of the molecule is COc1cc(-n2c(=O)ccc3cnc4ccc(-c5cnc(N)nc5)cc4c32)ccc1F. The van der Waals surface area contributed by atoms with Crippen molar-refractivity contribution in [1.29, 1.82) is 0 Å². The third-order valence-electron chi connectivity index (χ3n) is 5.12. The summed E-state index contributed by atoms with van der Waals surface area (Å²) < 4.78 is 20.6. The Morgan fingerprint density at radius 1 is 0.935 bits per heavy atom. The molecule has 2 N–H and O–H groups in total. The van der Waals surface area contributed by atoms with Crippen molar-refractivity contribution in [2.24, 2.45) is 0 Å². The molecule has 5 aromatic rings. The van der Waals surface area contributed by atoms with Crippen LogP contribution in [0.25, 0.3) is 38.6 Å². The van der Waals surface area contributed by atoms with Gasteiger partial charge in [0.1, 0.15) is 0 Å². The van der Waals surface area contributed by atoms with Gasteiger partial charge in [0.05, 0.1) is 23.8 Å². The fourth-order valence-electron chi connectivity index (χ4n) is 3.62. The first-order chi connectivity index (χ1) is 15.0. The van der Waals surface area contributed by atoms with Crippen molar-refractivity contribution in [3.8, 4) is 22.6 Å². The lowest BCUT2D eigenvalue weighted by Crippen LogP contribution is -2.18. The second-order valence-electron chi connectivity index (χ2n) is 6.95. The Labute approximate surface area is 175 Å². The number of hydrogen-bond donors (Lipinski definition) is 1. The van der Waals surface area contributed by atoms with Gasteiger partial charge in [-0.15, -0.1) is 0 Å². The standard InChI is InChI=1S/C23H16FN5O2/c1-31-20-9-16(4-5-18(20)24)29-21(30)7-3-14-10-26-19-6-2-13(8-17(19)22(14)29)15-11-27-23(25)28-12-15/h2-12H,1H3,(H2,25,27,28). The topological polar surface area (TPSA) is 95.9 Å². The van der Waals surface area contributed by atoms with Crippen LogP contribution in [0.3, 0.4) is 0 Å². The summed E-state index contributed by atoms with van der Waals surface area (Å²) in [4.78, 5) is 25.5. The largest absolute Gasteiger partial charge is 0.494 e. The van der Waals surface area contributed by atoms with E-state index in [0.29, 0.717) is 16.7 Å². The average Bonchev–Trinajstić information content (AvgIpc) is 2.79. The Balaban J connectivity index is 1.85. The van der Waals surface area contributed by atoms with Gasteiger partial charge in [0, 0.05) is 47.1 Å². The highest BCUT2D eigenvalue weighted by Crippen LogP contribution is 2.30. The Kier molecular flexibility index (Phi) is 4.32. The molecule has 3 aromatic heterocycles. The van der Waals surface area contributed by atoms with Crippen molar-refractivity contribution in [3.05, 3.63) is 83.3 Å². The number of nitrogen functional groups attached to an aromatic ring is 1. The Morgan fingerprint density at radius 3 is 2.52 bits per heavy atom. The van der Waals surface area contributed by atoms with Gasteiger partial charge >= 0.3 is 0 Å². The number of halogens is 1. The summed E-state index contributed by atoms with van der Waals surface area (Å²) in [7, 11) is 1.38. The Hall–Kier alpha value is -4.33. The summed E-state index contributed by atoms with van der Waals surface area (Å²) in [6.07, 6.45) is 4.99. The van der Waals surface area contributed by atoms with Gasteiger partial charge < -0.3 is 10.5 Å². The van der Waals surface area contributed by atoms with Gasteiger partial charge in [-0.05, 0) is 35.9 Å². The number of nitrogens with zero attached hydrogens (tertiary/aromatic N) is 4. The van der Waals surface area contributed by atoms with Crippen molar-refractivity contribution >= 4 is 27.8 Å². The molecule has 0 unspecified atom stereocenters. The first-order valence-electron chi connectivity index (χ1n) is 9.41. The molecule has 0 aliphatic rings. The van der Waals surface area contributed by atoms with Gasteiger partial charge in [-0.3, -0.25) is 14.3 Å². The number of anilines is 1. The molecule has 0 radical (unpaired) electrons. The number of hydrogen-bond acceptors (Lipinski definition) is 6. The van der Waals surface area contributed by atoms with Gasteiger partial charge in [-0.25, -0.2) is 14.4 Å². The number of ether oxygens (including phenoxy) is 1. The molecule has 0 spiro atoms. The number of rotatable bonds is 3. The third kappa shape index (κ3) is 3.14. The van der Waals surface area contributed by atoms with Crippen LogP contribution in [-0.4, -0.2) is 26.6 Å². The lowest BCUT2D eigenvalue weighted by atomic mass is 10.0. The van der Waals surface area contributed by atoms with Gasteiger partial charge in [-0.2, -0.15) is 0 Å². The maximum Gasteiger partial charge on any atom is 0.255 e. The molecule has 0 atom stereocenters. The van der Waals surface area contributed by atoms with Crippen LogP contribution in [0, 0.1) is 5.82 Å². The van der Waals surface area contributed by atoms with E-state index in [1.165, 1.54) is 29.9 Å². The maximum atomic E-state index is 14.0. The molecule has 0 aliphatic heterocycles. The van der Waals surface area contributed by atoms with Gasteiger partial charge in [-0.1, -0.05) is 6.07 Å². The maximum absolute atomic E-state index is 14.0. The minimum absolute atomic E-state index is 0.0551. The lowest BCUT2D eigenvalue weighted by Gasteiger charge is -2.14. The molecule has 8 heteroatoms. The molecule has 31 heavy (non-hydrogen) atoms. The van der Waals surface area contributed by atoms with E-state index < -0.39 is 5.82 Å². The van der Waals surface area contributed by atoms with Gasteiger partial charge in [0.2, 0.25) is 5.95 Å². The van der Waals surface area contributed by atoms with E-state index in [0.717, 1.165) is 21.9 Å². The smallest absolute Gasteiger partial charge is 0.255 e. The van der Waals surface area contributed by atoms with Crippen LogP contribution < -0.4 is 16.0 Å². The van der Waals surface area contributed by atoms with E-state index in [-0.39, 0.29) is 17.3 Å². The first-order valence-corrected chi connectivity index (χ1v) is 9.41. The summed E-state index contributed by atoms with van der Waals surface area (Å²) >= 11 is 0. The molecule has 152 valence electrons. The lowest BCUT2D eigenvalue weighted by molar-refractivity contribution is 0.386. The van der Waals surface area contributed by atoms with Crippen LogP contribution in [0.4, 0.5) is 10.3 Å². The molecule has 0 fully saturated rings. The molecule has 0 saturated carbocycles. The van der Waals surface area contributed by atoms with E-state index in [1.54, 1.807) is 30.7 Å². The molecule has 7 nitrogen and oxygen atoms in total. The molecule has 3 heterocycles. The Bertz CT molecular complexity index is 1510. The second kappa shape index (κ2) is 7.17. The van der Waals surface area contributed by atoms with Crippen molar-refractivity contribution in [3.63, 3.8) is 0 Å². The van der Waals surface area contributed by atoms with E-state index in [9.17, 15) is 9.18 Å². The molecule has 0 aliphatic carbocycles. The number of methoxy groups -OCH3 is 1. The van der Waals surface area contributed by atoms with Gasteiger partial charge in [0.15, 0.2) is 11.6 Å². The number of pyridine rings is 2. The Morgan fingerprint density at radius 2 is 1.74 bits per heavy atom. The monoisotopic (exact) mass is 413 g/mol. The van der Waals surface area contributed by atoms with Crippen LogP contribution in [0.5, 0.6) is 5.75 Å². The summed E-state index contributed by atoms with van der Waals surface area (Å²) in [6, 6.07) is 13.2. The highest BCUT2D eigenvalue weighted by Gasteiger charge is 2.13.